The molecule has 2 aromatic rings. The van der Waals surface area contributed by atoms with Crippen LogP contribution in [0.2, 0.25) is 0 Å². The van der Waals surface area contributed by atoms with E-state index in [-0.39, 0.29) is 11.0 Å². The quantitative estimate of drug-likeness (QED) is 0.812. The topological polar surface area (TPSA) is 85.5 Å². The number of aromatic nitrogens is 2. The number of carboxylic acids is 1. The largest absolute Gasteiger partial charge is 0.493 e. The summed E-state index contributed by atoms with van der Waals surface area (Å²) in [6.07, 6.45) is 0. The third-order valence-electron chi connectivity index (χ3n) is 2.15. The van der Waals surface area contributed by atoms with E-state index < -0.39 is 5.97 Å². The SMILES string of the molecule is CCOc1ccccc1-c1noc(SCC(=O)O)n1. The summed E-state index contributed by atoms with van der Waals surface area (Å²) in [5.74, 6) is 0.00588. The first-order valence-corrected chi connectivity index (χ1v) is 6.59. The smallest absolute Gasteiger partial charge is 0.314 e. The lowest BCUT2D eigenvalue weighted by molar-refractivity contribution is -0.133. The van der Waals surface area contributed by atoms with E-state index in [1.165, 1.54) is 0 Å². The van der Waals surface area contributed by atoms with E-state index in [2.05, 4.69) is 10.1 Å². The second-order valence-electron chi connectivity index (χ2n) is 3.50. The van der Waals surface area contributed by atoms with Gasteiger partial charge in [-0.25, -0.2) is 0 Å². The van der Waals surface area contributed by atoms with Crippen molar-refractivity contribution < 1.29 is 19.2 Å². The molecule has 1 aromatic carbocycles. The van der Waals surface area contributed by atoms with Gasteiger partial charge in [-0.05, 0) is 19.1 Å². The van der Waals surface area contributed by atoms with Gasteiger partial charge in [0.2, 0.25) is 5.82 Å². The van der Waals surface area contributed by atoms with E-state index >= 15 is 0 Å². The summed E-state index contributed by atoms with van der Waals surface area (Å²) in [5, 5.41) is 12.6. The van der Waals surface area contributed by atoms with Gasteiger partial charge in [0.1, 0.15) is 11.5 Å². The summed E-state index contributed by atoms with van der Waals surface area (Å²) < 4.78 is 10.5. The second kappa shape index (κ2) is 6.24. The minimum absolute atomic E-state index is 0.116. The van der Waals surface area contributed by atoms with E-state index in [9.17, 15) is 4.79 Å². The zero-order valence-corrected chi connectivity index (χ0v) is 11.0. The number of para-hydroxylation sites is 1. The van der Waals surface area contributed by atoms with Crippen LogP contribution in [0.1, 0.15) is 6.92 Å². The third kappa shape index (κ3) is 3.47. The number of benzene rings is 1. The first kappa shape index (κ1) is 13.4. The van der Waals surface area contributed by atoms with E-state index in [0.29, 0.717) is 18.2 Å². The van der Waals surface area contributed by atoms with Crippen LogP contribution in [-0.4, -0.2) is 33.6 Å². The molecule has 100 valence electrons. The average molecular weight is 280 g/mol. The molecule has 0 spiro atoms. The molecule has 1 aromatic heterocycles. The molecule has 0 saturated carbocycles. The van der Waals surface area contributed by atoms with Gasteiger partial charge in [-0.2, -0.15) is 4.98 Å². The van der Waals surface area contributed by atoms with Gasteiger partial charge < -0.3 is 14.4 Å². The molecule has 0 fully saturated rings. The van der Waals surface area contributed by atoms with Crippen molar-refractivity contribution >= 4 is 17.7 Å². The number of carbonyl (C=O) groups is 1. The third-order valence-corrected chi connectivity index (χ3v) is 2.96. The van der Waals surface area contributed by atoms with Crippen LogP contribution in [0, 0.1) is 0 Å². The molecule has 0 amide bonds. The molecule has 19 heavy (non-hydrogen) atoms. The number of thioether (sulfide) groups is 1. The highest BCUT2D eigenvalue weighted by molar-refractivity contribution is 7.99. The van der Waals surface area contributed by atoms with E-state index in [0.717, 1.165) is 17.3 Å². The molecule has 1 heterocycles. The Bertz CT molecular complexity index is 570. The van der Waals surface area contributed by atoms with Crippen LogP contribution in [-0.2, 0) is 4.79 Å². The average Bonchev–Trinajstić information content (AvgIpc) is 2.86. The summed E-state index contributed by atoms with van der Waals surface area (Å²) in [6, 6.07) is 7.34. The molecule has 6 nitrogen and oxygen atoms in total. The molecule has 0 aliphatic heterocycles. The van der Waals surface area contributed by atoms with Crippen LogP contribution in [0.5, 0.6) is 5.75 Å². The minimum atomic E-state index is -0.931. The molecule has 0 aliphatic rings. The van der Waals surface area contributed by atoms with E-state index in [1.807, 2.05) is 31.2 Å². The van der Waals surface area contributed by atoms with Crippen molar-refractivity contribution in [2.24, 2.45) is 0 Å². The van der Waals surface area contributed by atoms with Crippen molar-refractivity contribution in [3.8, 4) is 17.1 Å². The highest BCUT2D eigenvalue weighted by Crippen LogP contribution is 2.29. The summed E-state index contributed by atoms with van der Waals surface area (Å²) in [5.41, 5.74) is 0.718. The molecule has 0 saturated heterocycles. The van der Waals surface area contributed by atoms with Crippen LogP contribution < -0.4 is 4.74 Å². The number of ether oxygens (including phenoxy) is 1. The summed E-state index contributed by atoms with van der Waals surface area (Å²) in [7, 11) is 0. The molecule has 1 N–H and O–H groups in total. The van der Waals surface area contributed by atoms with E-state index in [4.69, 9.17) is 14.4 Å². The Morgan fingerprint density at radius 2 is 2.26 bits per heavy atom. The molecule has 0 aliphatic carbocycles. The number of aliphatic carboxylic acids is 1. The van der Waals surface area contributed by atoms with Crippen molar-refractivity contribution in [2.45, 2.75) is 12.1 Å². The van der Waals surface area contributed by atoms with Crippen molar-refractivity contribution in [3.63, 3.8) is 0 Å². The van der Waals surface area contributed by atoms with Crippen molar-refractivity contribution in [1.82, 2.24) is 10.1 Å². The highest BCUT2D eigenvalue weighted by Gasteiger charge is 2.14. The van der Waals surface area contributed by atoms with Gasteiger partial charge in [0, 0.05) is 0 Å². The lowest BCUT2D eigenvalue weighted by atomic mass is 10.2. The predicted octanol–water partition coefficient (Wildman–Crippen LogP) is 2.31. The maximum absolute atomic E-state index is 10.5. The Balaban J connectivity index is 2.20. The summed E-state index contributed by atoms with van der Waals surface area (Å²) in [6.45, 7) is 2.43. The van der Waals surface area contributed by atoms with Gasteiger partial charge in [0.25, 0.3) is 5.22 Å². The monoisotopic (exact) mass is 280 g/mol. The first-order chi connectivity index (χ1) is 9.20. The van der Waals surface area contributed by atoms with Crippen molar-refractivity contribution in [3.05, 3.63) is 24.3 Å². The number of hydrogen-bond donors (Lipinski definition) is 1. The fraction of sp³-hybridized carbons (Fsp3) is 0.250. The van der Waals surface area contributed by atoms with Crippen LogP contribution >= 0.6 is 11.8 Å². The fourth-order valence-electron chi connectivity index (χ4n) is 1.43. The lowest BCUT2D eigenvalue weighted by Gasteiger charge is -2.05. The second-order valence-corrected chi connectivity index (χ2v) is 4.42. The standard InChI is InChI=1S/C12H12N2O4S/c1-2-17-9-6-4-3-5-8(9)11-13-12(18-14-11)19-7-10(15)16/h3-6H,2,7H2,1H3,(H,15,16). The van der Waals surface area contributed by atoms with Crippen LogP contribution in [0.15, 0.2) is 34.0 Å². The van der Waals surface area contributed by atoms with Gasteiger partial charge in [-0.1, -0.05) is 29.1 Å². The Morgan fingerprint density at radius 1 is 1.47 bits per heavy atom. The maximum Gasteiger partial charge on any atom is 0.314 e. The molecule has 0 unspecified atom stereocenters. The molecule has 0 atom stereocenters. The number of hydrogen-bond acceptors (Lipinski definition) is 6. The van der Waals surface area contributed by atoms with Crippen LogP contribution in [0.25, 0.3) is 11.4 Å². The summed E-state index contributed by atoms with van der Waals surface area (Å²) in [4.78, 5) is 14.6. The molecule has 0 radical (unpaired) electrons. The summed E-state index contributed by atoms with van der Waals surface area (Å²) >= 11 is 0.983. The number of carboxylic acid groups (broad SMARTS) is 1. The number of rotatable bonds is 6. The van der Waals surface area contributed by atoms with Crippen LogP contribution in [0.4, 0.5) is 0 Å². The molecule has 7 heteroatoms. The van der Waals surface area contributed by atoms with Gasteiger partial charge in [-0.15, -0.1) is 0 Å². The Kier molecular flexibility index (Phi) is 4.40. The Morgan fingerprint density at radius 3 is 3.00 bits per heavy atom. The van der Waals surface area contributed by atoms with Gasteiger partial charge in [-0.3, -0.25) is 4.79 Å². The Labute approximate surface area is 113 Å². The molecular formula is C12H12N2O4S. The lowest BCUT2D eigenvalue weighted by Crippen LogP contribution is -1.97. The fourth-order valence-corrected chi connectivity index (χ4v) is 1.92. The van der Waals surface area contributed by atoms with Gasteiger partial charge in [0.05, 0.1) is 12.2 Å². The Hall–Kier alpha value is -2.02. The maximum atomic E-state index is 10.5. The minimum Gasteiger partial charge on any atom is -0.493 e. The zero-order chi connectivity index (χ0) is 13.7. The normalized spacial score (nSPS) is 10.4. The van der Waals surface area contributed by atoms with Crippen LogP contribution in [0.3, 0.4) is 0 Å². The highest BCUT2D eigenvalue weighted by atomic mass is 32.2. The molecule has 2 rings (SSSR count). The van der Waals surface area contributed by atoms with Crippen molar-refractivity contribution in [2.75, 3.05) is 12.4 Å². The molecule has 0 bridgehead atoms. The van der Waals surface area contributed by atoms with Crippen molar-refractivity contribution in [1.29, 1.82) is 0 Å². The first-order valence-electron chi connectivity index (χ1n) is 5.61. The number of nitrogens with zero attached hydrogens (tertiary/aromatic N) is 2. The molecular weight excluding hydrogens is 268 g/mol. The van der Waals surface area contributed by atoms with Gasteiger partial charge in [0.15, 0.2) is 0 Å². The van der Waals surface area contributed by atoms with E-state index in [1.54, 1.807) is 0 Å². The zero-order valence-electron chi connectivity index (χ0n) is 10.2. The van der Waals surface area contributed by atoms with Gasteiger partial charge >= 0.3 is 5.97 Å². The predicted molar refractivity (Wildman–Crippen MR) is 69.3 cm³/mol.